The van der Waals surface area contributed by atoms with E-state index in [0.717, 1.165) is 29.9 Å². The molecule has 0 radical (unpaired) electrons. The molecule has 0 aliphatic carbocycles. The molecule has 0 bridgehead atoms. The van der Waals surface area contributed by atoms with Crippen molar-refractivity contribution in [2.24, 2.45) is 0 Å². The van der Waals surface area contributed by atoms with Gasteiger partial charge in [-0.25, -0.2) is 0 Å². The molecular weight excluding hydrogens is 292 g/mol. The molecule has 0 saturated heterocycles. The van der Waals surface area contributed by atoms with E-state index in [4.69, 9.17) is 5.11 Å². The molecule has 0 aliphatic rings. The van der Waals surface area contributed by atoms with Gasteiger partial charge in [-0.3, -0.25) is 14.5 Å². The Hall–Kier alpha value is -2.14. The van der Waals surface area contributed by atoms with Crippen LogP contribution in [0, 0.1) is 13.8 Å². The summed E-state index contributed by atoms with van der Waals surface area (Å²) < 4.78 is 0. The van der Waals surface area contributed by atoms with Crippen LogP contribution in [0.25, 0.3) is 0 Å². The SMILES string of the molecule is C=CCC(=O)O.CCN(CC)CC(=O)Nc1c(C)cccc1C. The summed E-state index contributed by atoms with van der Waals surface area (Å²) >= 11 is 0. The van der Waals surface area contributed by atoms with Crippen LogP contribution < -0.4 is 5.32 Å². The van der Waals surface area contributed by atoms with Crippen LogP contribution in [-0.4, -0.2) is 41.5 Å². The standard InChI is InChI=1S/C14H22N2O.C4H6O2/c1-5-16(6-2)10-13(17)15-14-11(3)8-7-9-12(14)4;1-2-3-4(5)6/h7-9H,5-6,10H2,1-4H3,(H,15,17);2H,1,3H2,(H,5,6). The molecule has 0 aromatic heterocycles. The second kappa shape index (κ2) is 11.4. The number of benzene rings is 1. The van der Waals surface area contributed by atoms with Crippen LogP contribution in [0.2, 0.25) is 0 Å². The van der Waals surface area contributed by atoms with Crippen LogP contribution in [0.15, 0.2) is 30.9 Å². The number of carbonyl (C=O) groups excluding carboxylic acids is 1. The van der Waals surface area contributed by atoms with Crippen LogP contribution in [-0.2, 0) is 9.59 Å². The van der Waals surface area contributed by atoms with Crippen LogP contribution in [0.1, 0.15) is 31.4 Å². The maximum Gasteiger partial charge on any atom is 0.307 e. The van der Waals surface area contributed by atoms with Gasteiger partial charge in [0, 0.05) is 5.69 Å². The van der Waals surface area contributed by atoms with E-state index < -0.39 is 5.97 Å². The number of anilines is 1. The molecule has 0 heterocycles. The molecule has 0 saturated carbocycles. The van der Waals surface area contributed by atoms with Gasteiger partial charge in [0.2, 0.25) is 5.91 Å². The van der Waals surface area contributed by atoms with Gasteiger partial charge in [-0.15, -0.1) is 6.58 Å². The minimum Gasteiger partial charge on any atom is -0.481 e. The summed E-state index contributed by atoms with van der Waals surface area (Å²) in [7, 11) is 0. The van der Waals surface area contributed by atoms with Crippen molar-refractivity contribution < 1.29 is 14.7 Å². The van der Waals surface area contributed by atoms with Gasteiger partial charge in [0.15, 0.2) is 0 Å². The number of carboxylic acid groups (broad SMARTS) is 1. The first kappa shape index (κ1) is 20.9. The third-order valence-electron chi connectivity index (χ3n) is 3.33. The van der Waals surface area contributed by atoms with Crippen molar-refractivity contribution in [3.05, 3.63) is 42.0 Å². The van der Waals surface area contributed by atoms with Gasteiger partial charge < -0.3 is 10.4 Å². The van der Waals surface area contributed by atoms with Crippen LogP contribution in [0.5, 0.6) is 0 Å². The van der Waals surface area contributed by atoms with Gasteiger partial charge in [0.05, 0.1) is 13.0 Å². The highest BCUT2D eigenvalue weighted by Crippen LogP contribution is 2.19. The van der Waals surface area contributed by atoms with E-state index in [1.165, 1.54) is 6.08 Å². The average Bonchev–Trinajstić information content (AvgIpc) is 2.49. The number of rotatable bonds is 7. The van der Waals surface area contributed by atoms with Crippen molar-refractivity contribution in [2.45, 2.75) is 34.1 Å². The van der Waals surface area contributed by atoms with E-state index in [0.29, 0.717) is 6.54 Å². The summed E-state index contributed by atoms with van der Waals surface area (Å²) in [5, 5.41) is 10.8. The molecule has 0 aliphatic heterocycles. The quantitative estimate of drug-likeness (QED) is 0.757. The molecule has 2 N–H and O–H groups in total. The highest BCUT2D eigenvalue weighted by Gasteiger charge is 2.09. The lowest BCUT2D eigenvalue weighted by molar-refractivity contribution is -0.136. The van der Waals surface area contributed by atoms with Crippen molar-refractivity contribution in [3.8, 4) is 0 Å². The molecule has 0 atom stereocenters. The van der Waals surface area contributed by atoms with Gasteiger partial charge in [0.1, 0.15) is 0 Å². The summed E-state index contributed by atoms with van der Waals surface area (Å²) in [5.74, 6) is -0.767. The predicted octanol–water partition coefficient (Wildman–Crippen LogP) is 3.23. The van der Waals surface area contributed by atoms with E-state index in [1.54, 1.807) is 0 Å². The first-order chi connectivity index (χ1) is 10.8. The molecule has 0 unspecified atom stereocenters. The minimum absolute atomic E-state index is 0.0556. The first-order valence-corrected chi connectivity index (χ1v) is 7.76. The maximum absolute atomic E-state index is 11.9. The predicted molar refractivity (Wildman–Crippen MR) is 94.8 cm³/mol. The molecule has 1 aromatic carbocycles. The van der Waals surface area contributed by atoms with Crippen molar-refractivity contribution in [2.75, 3.05) is 25.0 Å². The Balaban J connectivity index is 0.000000688. The first-order valence-electron chi connectivity index (χ1n) is 7.76. The molecule has 23 heavy (non-hydrogen) atoms. The van der Waals surface area contributed by atoms with Gasteiger partial charge >= 0.3 is 5.97 Å². The highest BCUT2D eigenvalue weighted by atomic mass is 16.4. The van der Waals surface area contributed by atoms with E-state index in [-0.39, 0.29) is 12.3 Å². The number of hydrogen-bond acceptors (Lipinski definition) is 3. The number of aryl methyl sites for hydroxylation is 2. The van der Waals surface area contributed by atoms with Crippen molar-refractivity contribution in [3.63, 3.8) is 0 Å². The fraction of sp³-hybridized carbons (Fsp3) is 0.444. The molecule has 5 heteroatoms. The monoisotopic (exact) mass is 320 g/mol. The van der Waals surface area contributed by atoms with Gasteiger partial charge in [-0.1, -0.05) is 38.1 Å². The Morgan fingerprint density at radius 3 is 2.09 bits per heavy atom. The number of nitrogens with zero attached hydrogens (tertiary/aromatic N) is 1. The zero-order chi connectivity index (χ0) is 17.8. The lowest BCUT2D eigenvalue weighted by Crippen LogP contribution is -2.33. The maximum atomic E-state index is 11.9. The molecule has 1 amide bonds. The molecule has 5 nitrogen and oxygen atoms in total. The number of aliphatic carboxylic acids is 1. The lowest BCUT2D eigenvalue weighted by Gasteiger charge is -2.18. The number of carboxylic acids is 1. The average molecular weight is 320 g/mol. The number of hydrogen-bond donors (Lipinski definition) is 2. The molecule has 128 valence electrons. The van der Waals surface area contributed by atoms with E-state index in [9.17, 15) is 9.59 Å². The number of nitrogens with one attached hydrogen (secondary N) is 1. The fourth-order valence-electron chi connectivity index (χ4n) is 1.96. The van der Waals surface area contributed by atoms with Crippen LogP contribution >= 0.6 is 0 Å². The number of para-hydroxylation sites is 1. The number of amides is 1. The summed E-state index contributed by atoms with van der Waals surface area (Å²) in [6.07, 6.45) is 1.41. The second-order valence-corrected chi connectivity index (χ2v) is 5.16. The fourth-order valence-corrected chi connectivity index (χ4v) is 1.96. The zero-order valence-electron chi connectivity index (χ0n) is 14.6. The molecular formula is C18H28N2O3. The normalized spacial score (nSPS) is 9.78. The molecule has 1 aromatic rings. The van der Waals surface area contributed by atoms with Crippen molar-refractivity contribution in [1.29, 1.82) is 0 Å². The molecule has 1 rings (SSSR count). The highest BCUT2D eigenvalue weighted by molar-refractivity contribution is 5.93. The van der Waals surface area contributed by atoms with Gasteiger partial charge in [-0.2, -0.15) is 0 Å². The van der Waals surface area contributed by atoms with Crippen LogP contribution in [0.3, 0.4) is 0 Å². The van der Waals surface area contributed by atoms with Crippen molar-refractivity contribution >= 4 is 17.6 Å². The summed E-state index contributed by atoms with van der Waals surface area (Å²) in [6, 6.07) is 6.03. The Labute approximate surface area is 139 Å². The van der Waals surface area contributed by atoms with Gasteiger partial charge in [-0.05, 0) is 38.1 Å². The second-order valence-electron chi connectivity index (χ2n) is 5.16. The van der Waals surface area contributed by atoms with E-state index in [2.05, 4.69) is 30.6 Å². The van der Waals surface area contributed by atoms with E-state index >= 15 is 0 Å². The molecule has 0 spiro atoms. The van der Waals surface area contributed by atoms with Crippen molar-refractivity contribution in [1.82, 2.24) is 4.90 Å². The Bertz CT molecular complexity index is 503. The number of likely N-dealkylation sites (N-methyl/N-ethyl adjacent to an activating group) is 1. The lowest BCUT2D eigenvalue weighted by atomic mass is 10.1. The zero-order valence-corrected chi connectivity index (χ0v) is 14.6. The smallest absolute Gasteiger partial charge is 0.307 e. The topological polar surface area (TPSA) is 69.6 Å². The summed E-state index contributed by atoms with van der Waals surface area (Å²) in [5.41, 5.74) is 3.17. The summed E-state index contributed by atoms with van der Waals surface area (Å²) in [4.78, 5) is 23.5. The number of carbonyl (C=O) groups is 2. The summed E-state index contributed by atoms with van der Waals surface area (Å²) in [6.45, 7) is 13.6. The molecule has 0 fully saturated rings. The third kappa shape index (κ3) is 8.78. The minimum atomic E-state index is -0.829. The largest absolute Gasteiger partial charge is 0.481 e. The Kier molecular flexibility index (Phi) is 10.4. The Morgan fingerprint density at radius 2 is 1.74 bits per heavy atom. The van der Waals surface area contributed by atoms with Gasteiger partial charge in [0.25, 0.3) is 0 Å². The van der Waals surface area contributed by atoms with Crippen LogP contribution in [0.4, 0.5) is 5.69 Å². The third-order valence-corrected chi connectivity index (χ3v) is 3.33. The Morgan fingerprint density at radius 1 is 1.22 bits per heavy atom. The van der Waals surface area contributed by atoms with E-state index in [1.807, 2.05) is 32.0 Å².